The van der Waals surface area contributed by atoms with Gasteiger partial charge in [0.15, 0.2) is 5.96 Å². The molecule has 1 aliphatic heterocycles. The van der Waals surface area contributed by atoms with Crippen molar-refractivity contribution in [3.63, 3.8) is 0 Å². The molecule has 1 heterocycles. The van der Waals surface area contributed by atoms with E-state index in [9.17, 15) is 18.0 Å². The maximum Gasteiger partial charge on any atom is 0.407 e. The molecule has 0 aromatic heterocycles. The number of likely N-dealkylation sites (tertiary alicyclic amines) is 1. The minimum atomic E-state index is -4.18. The molecular weight excluding hydrogens is 502 g/mol. The van der Waals surface area contributed by atoms with E-state index in [-0.39, 0.29) is 36.1 Å². The molecule has 0 aliphatic carbocycles. The summed E-state index contributed by atoms with van der Waals surface area (Å²) in [7, 11) is 0. The quantitative estimate of drug-likeness (QED) is 0.240. The highest BCUT2D eigenvalue weighted by Gasteiger charge is 2.34. The van der Waals surface area contributed by atoms with Crippen molar-refractivity contribution in [1.82, 2.24) is 20.9 Å². The number of amides is 1. The first-order valence-corrected chi connectivity index (χ1v) is 9.90. The molecule has 11 heteroatoms. The van der Waals surface area contributed by atoms with Crippen LogP contribution >= 0.6 is 24.0 Å². The molecule has 172 valence electrons. The number of ether oxygens (including phenoxy) is 1. The second-order valence-corrected chi connectivity index (χ2v) is 7.39. The first-order chi connectivity index (χ1) is 13.1. The first kappa shape index (κ1) is 28.0. The molecule has 3 N–H and O–H groups in total. The molecule has 1 aliphatic rings. The molecular formula is C18H35F3IN5O2. The van der Waals surface area contributed by atoms with Gasteiger partial charge in [0.25, 0.3) is 0 Å². The van der Waals surface area contributed by atoms with E-state index in [1.807, 2.05) is 6.92 Å². The second-order valence-electron chi connectivity index (χ2n) is 7.39. The molecule has 0 saturated carbocycles. The fourth-order valence-corrected chi connectivity index (χ4v) is 3.15. The van der Waals surface area contributed by atoms with Crippen LogP contribution < -0.4 is 16.0 Å². The Kier molecular flexibility index (Phi) is 13.6. The lowest BCUT2D eigenvalue weighted by molar-refractivity contribution is -0.143. The van der Waals surface area contributed by atoms with Gasteiger partial charge in [-0.3, -0.25) is 9.89 Å². The normalized spacial score (nSPS) is 18.9. The first-order valence-electron chi connectivity index (χ1n) is 9.90. The Bertz CT molecular complexity index is 506. The largest absolute Gasteiger partial charge is 0.450 e. The number of carbonyl (C=O) groups excluding carboxylic acids is 1. The lowest BCUT2D eigenvalue weighted by atomic mass is 10.0. The maximum atomic E-state index is 12.5. The molecule has 2 atom stereocenters. The average Bonchev–Trinajstić information content (AvgIpc) is 2.97. The summed E-state index contributed by atoms with van der Waals surface area (Å²) in [5.41, 5.74) is 0. The van der Waals surface area contributed by atoms with E-state index in [0.29, 0.717) is 51.1 Å². The number of aliphatic imine (C=N–C) groups is 1. The van der Waals surface area contributed by atoms with Gasteiger partial charge in [-0.1, -0.05) is 13.8 Å². The molecule has 29 heavy (non-hydrogen) atoms. The van der Waals surface area contributed by atoms with Crippen molar-refractivity contribution >= 4 is 36.0 Å². The van der Waals surface area contributed by atoms with E-state index in [4.69, 9.17) is 4.74 Å². The highest BCUT2D eigenvalue weighted by molar-refractivity contribution is 14.0. The van der Waals surface area contributed by atoms with Crippen molar-refractivity contribution < 1.29 is 22.7 Å². The van der Waals surface area contributed by atoms with Crippen LogP contribution in [0.3, 0.4) is 0 Å². The fourth-order valence-electron chi connectivity index (χ4n) is 3.15. The van der Waals surface area contributed by atoms with Crippen LogP contribution in [0.25, 0.3) is 0 Å². The third-order valence-electron chi connectivity index (χ3n) is 4.18. The molecule has 1 amide bonds. The molecule has 1 fully saturated rings. The van der Waals surface area contributed by atoms with Crippen molar-refractivity contribution in [3.05, 3.63) is 0 Å². The molecule has 0 bridgehead atoms. The van der Waals surface area contributed by atoms with Crippen molar-refractivity contribution in [2.75, 3.05) is 39.3 Å². The van der Waals surface area contributed by atoms with Crippen LogP contribution in [0.1, 0.15) is 40.5 Å². The van der Waals surface area contributed by atoms with Crippen LogP contribution in [0.4, 0.5) is 18.0 Å². The lowest BCUT2D eigenvalue weighted by Gasteiger charge is -2.21. The van der Waals surface area contributed by atoms with E-state index >= 15 is 0 Å². The van der Waals surface area contributed by atoms with Crippen molar-refractivity contribution in [1.29, 1.82) is 0 Å². The summed E-state index contributed by atoms with van der Waals surface area (Å²) < 4.78 is 42.6. The van der Waals surface area contributed by atoms with Crippen LogP contribution in [-0.2, 0) is 4.74 Å². The number of nitrogens with zero attached hydrogens (tertiary/aromatic N) is 2. The topological polar surface area (TPSA) is 78.0 Å². The van der Waals surface area contributed by atoms with Gasteiger partial charge in [0.05, 0.1) is 25.7 Å². The molecule has 7 nitrogen and oxygen atoms in total. The highest BCUT2D eigenvalue weighted by atomic mass is 127. The van der Waals surface area contributed by atoms with Crippen molar-refractivity contribution in [3.8, 4) is 0 Å². The summed E-state index contributed by atoms with van der Waals surface area (Å²) in [6.07, 6.45) is -3.29. The van der Waals surface area contributed by atoms with Gasteiger partial charge < -0.3 is 20.7 Å². The number of hydrogen-bond donors (Lipinski definition) is 3. The molecule has 0 spiro atoms. The predicted octanol–water partition coefficient (Wildman–Crippen LogP) is 2.96. The van der Waals surface area contributed by atoms with Crippen molar-refractivity contribution in [2.45, 2.75) is 58.8 Å². The van der Waals surface area contributed by atoms with Gasteiger partial charge in [-0.15, -0.1) is 24.0 Å². The maximum absolute atomic E-state index is 12.5. The molecule has 1 saturated heterocycles. The standard InChI is InChI=1S/C18H34F3N5O2.HI/c1-5-22-16(24-14-7-8-26(11-14)12-18(19,20)21)23-10-15(9-13(3)4)25-17(27)28-6-2;/h13-15H,5-12H2,1-4H3,(H,25,27)(H2,22,23,24);1H. The number of alkyl halides is 3. The molecule has 2 unspecified atom stereocenters. The monoisotopic (exact) mass is 537 g/mol. The van der Waals surface area contributed by atoms with Crippen LogP contribution in [0.2, 0.25) is 0 Å². The number of hydrogen-bond acceptors (Lipinski definition) is 4. The van der Waals surface area contributed by atoms with Gasteiger partial charge in [-0.05, 0) is 32.6 Å². The van der Waals surface area contributed by atoms with Gasteiger partial charge in [0.1, 0.15) is 0 Å². The van der Waals surface area contributed by atoms with Gasteiger partial charge >= 0.3 is 12.3 Å². The Morgan fingerprint density at radius 3 is 2.55 bits per heavy atom. The third kappa shape index (κ3) is 13.0. The van der Waals surface area contributed by atoms with Gasteiger partial charge in [0, 0.05) is 25.7 Å². The van der Waals surface area contributed by atoms with E-state index in [2.05, 4.69) is 34.8 Å². The minimum Gasteiger partial charge on any atom is -0.450 e. The Morgan fingerprint density at radius 1 is 1.31 bits per heavy atom. The van der Waals surface area contributed by atoms with Crippen LogP contribution in [0, 0.1) is 5.92 Å². The second kappa shape index (κ2) is 14.1. The molecule has 0 aromatic carbocycles. The van der Waals surface area contributed by atoms with Crippen LogP contribution in [0.5, 0.6) is 0 Å². The van der Waals surface area contributed by atoms with Gasteiger partial charge in [-0.25, -0.2) is 4.79 Å². The molecule has 1 rings (SSSR count). The molecule has 0 aromatic rings. The van der Waals surface area contributed by atoms with E-state index in [0.717, 1.165) is 6.42 Å². The summed E-state index contributed by atoms with van der Waals surface area (Å²) in [4.78, 5) is 17.6. The number of halogens is 4. The number of guanidine groups is 1. The smallest absolute Gasteiger partial charge is 0.407 e. The van der Waals surface area contributed by atoms with E-state index < -0.39 is 18.8 Å². The Hall–Kier alpha value is -0.980. The Labute approximate surface area is 188 Å². The third-order valence-corrected chi connectivity index (χ3v) is 4.18. The van der Waals surface area contributed by atoms with E-state index in [1.54, 1.807) is 6.92 Å². The highest BCUT2D eigenvalue weighted by Crippen LogP contribution is 2.19. The van der Waals surface area contributed by atoms with Crippen LogP contribution in [-0.4, -0.2) is 74.5 Å². The zero-order chi connectivity index (χ0) is 21.2. The fraction of sp³-hybridized carbons (Fsp3) is 0.889. The summed E-state index contributed by atoms with van der Waals surface area (Å²) in [6.45, 7) is 8.88. The number of rotatable bonds is 9. The van der Waals surface area contributed by atoms with E-state index in [1.165, 1.54) is 4.90 Å². The summed E-state index contributed by atoms with van der Waals surface area (Å²) in [5, 5.41) is 9.14. The Balaban J connectivity index is 0.00000784. The number of alkyl carbamates (subject to hydrolysis) is 1. The average molecular weight is 537 g/mol. The number of nitrogens with one attached hydrogen (secondary N) is 3. The van der Waals surface area contributed by atoms with Gasteiger partial charge in [-0.2, -0.15) is 13.2 Å². The zero-order valence-corrected chi connectivity index (χ0v) is 20.0. The minimum absolute atomic E-state index is 0. The SMILES string of the molecule is CCNC(=NCC(CC(C)C)NC(=O)OCC)NC1CCN(CC(F)(F)F)C1.I. The lowest BCUT2D eigenvalue weighted by Crippen LogP contribution is -2.46. The zero-order valence-electron chi connectivity index (χ0n) is 17.6. The summed E-state index contributed by atoms with van der Waals surface area (Å²) in [5.74, 6) is 0.907. The molecule has 0 radical (unpaired) electrons. The van der Waals surface area contributed by atoms with Crippen molar-refractivity contribution in [2.24, 2.45) is 10.9 Å². The summed E-state index contributed by atoms with van der Waals surface area (Å²) in [6, 6.07) is -0.276. The Morgan fingerprint density at radius 2 is 2.00 bits per heavy atom. The van der Waals surface area contributed by atoms with Crippen LogP contribution in [0.15, 0.2) is 4.99 Å². The summed E-state index contributed by atoms with van der Waals surface area (Å²) >= 11 is 0. The number of carbonyl (C=O) groups is 1. The predicted molar refractivity (Wildman–Crippen MR) is 119 cm³/mol. The van der Waals surface area contributed by atoms with Gasteiger partial charge in [0.2, 0.25) is 0 Å².